The molecule has 2 amide bonds. The average molecular weight is 365 g/mol. The molecule has 0 bridgehead atoms. The van der Waals surface area contributed by atoms with Crippen LogP contribution in [0.1, 0.15) is 19.3 Å². The van der Waals surface area contributed by atoms with Crippen LogP contribution in [0.15, 0.2) is 57.7 Å². The monoisotopic (exact) mass is 365 g/mol. The van der Waals surface area contributed by atoms with Crippen molar-refractivity contribution in [3.05, 3.63) is 59.1 Å². The number of nitrogens with one attached hydrogen (secondary N) is 1. The number of carbonyl (C=O) groups excluding carboxylic acids is 2. The summed E-state index contributed by atoms with van der Waals surface area (Å²) in [4.78, 5) is 37.9. The highest BCUT2D eigenvalue weighted by atomic mass is 16.4. The molecule has 2 aromatic carbocycles. The number of nitrogens with zero attached hydrogens (tertiary/aromatic N) is 2. The number of carbonyl (C=O) groups is 2. The van der Waals surface area contributed by atoms with Gasteiger partial charge in [0.1, 0.15) is 0 Å². The van der Waals surface area contributed by atoms with Crippen molar-refractivity contribution in [2.45, 2.75) is 25.8 Å². The van der Waals surface area contributed by atoms with E-state index >= 15 is 0 Å². The highest BCUT2D eigenvalue weighted by molar-refractivity contribution is 5.97. The second-order valence-corrected chi connectivity index (χ2v) is 6.48. The first-order valence-electron chi connectivity index (χ1n) is 8.90. The summed E-state index contributed by atoms with van der Waals surface area (Å²) in [5.74, 6) is -0.583. The highest BCUT2D eigenvalue weighted by Gasteiger charge is 2.21. The van der Waals surface area contributed by atoms with E-state index in [0.29, 0.717) is 29.8 Å². The third-order valence-electron chi connectivity index (χ3n) is 4.65. The number of hydrogen-bond donors (Lipinski definition) is 1. The Balaban J connectivity index is 1.43. The van der Waals surface area contributed by atoms with Gasteiger partial charge in [0, 0.05) is 37.3 Å². The fourth-order valence-corrected chi connectivity index (χ4v) is 3.34. The zero-order chi connectivity index (χ0) is 18.8. The van der Waals surface area contributed by atoms with Crippen LogP contribution in [0.4, 0.5) is 11.4 Å². The van der Waals surface area contributed by atoms with Crippen molar-refractivity contribution in [2.24, 2.45) is 0 Å². The molecule has 0 atom stereocenters. The van der Waals surface area contributed by atoms with Gasteiger partial charge in [-0.3, -0.25) is 14.2 Å². The molecule has 7 nitrogen and oxygen atoms in total. The maximum absolute atomic E-state index is 12.3. The van der Waals surface area contributed by atoms with Crippen LogP contribution in [0.25, 0.3) is 11.1 Å². The quantitative estimate of drug-likeness (QED) is 0.753. The first kappa shape index (κ1) is 17.1. The van der Waals surface area contributed by atoms with Crippen LogP contribution < -0.4 is 16.0 Å². The van der Waals surface area contributed by atoms with Gasteiger partial charge < -0.3 is 14.6 Å². The van der Waals surface area contributed by atoms with Crippen LogP contribution in [0.3, 0.4) is 0 Å². The second-order valence-electron chi connectivity index (χ2n) is 6.48. The topological polar surface area (TPSA) is 84.5 Å². The minimum atomic E-state index is -0.474. The molecule has 138 valence electrons. The summed E-state index contributed by atoms with van der Waals surface area (Å²) in [6, 6.07) is 14.4. The number of aromatic nitrogens is 1. The van der Waals surface area contributed by atoms with Crippen molar-refractivity contribution >= 4 is 34.3 Å². The van der Waals surface area contributed by atoms with E-state index in [1.54, 1.807) is 35.2 Å². The smallest absolute Gasteiger partial charge is 0.408 e. The van der Waals surface area contributed by atoms with Crippen LogP contribution in [-0.2, 0) is 16.1 Å². The Morgan fingerprint density at radius 3 is 2.78 bits per heavy atom. The molecule has 1 aliphatic rings. The molecule has 0 saturated carbocycles. The van der Waals surface area contributed by atoms with Crippen LogP contribution in [0.2, 0.25) is 0 Å². The predicted molar refractivity (Wildman–Crippen MR) is 102 cm³/mol. The van der Waals surface area contributed by atoms with Crippen LogP contribution in [-0.4, -0.2) is 22.9 Å². The zero-order valence-corrected chi connectivity index (χ0v) is 14.7. The maximum atomic E-state index is 12.3. The number of amides is 2. The van der Waals surface area contributed by atoms with Crippen molar-refractivity contribution in [3.8, 4) is 0 Å². The molecule has 27 heavy (non-hydrogen) atoms. The van der Waals surface area contributed by atoms with Crippen LogP contribution in [0.5, 0.6) is 0 Å². The minimum Gasteiger partial charge on any atom is -0.408 e. The summed E-state index contributed by atoms with van der Waals surface area (Å²) in [5, 5.41) is 2.83. The van der Waals surface area contributed by atoms with Gasteiger partial charge in [-0.15, -0.1) is 0 Å². The number of aryl methyl sites for hydroxylation is 1. The molecule has 1 fully saturated rings. The zero-order valence-electron chi connectivity index (χ0n) is 14.7. The Hall–Kier alpha value is -3.35. The highest BCUT2D eigenvalue weighted by Crippen LogP contribution is 2.24. The van der Waals surface area contributed by atoms with Crippen LogP contribution >= 0.6 is 0 Å². The molecule has 1 aliphatic heterocycles. The first-order chi connectivity index (χ1) is 13.1. The second kappa shape index (κ2) is 7.11. The van der Waals surface area contributed by atoms with Crippen molar-refractivity contribution in [1.82, 2.24) is 4.57 Å². The van der Waals surface area contributed by atoms with Gasteiger partial charge in [0.15, 0.2) is 5.58 Å². The summed E-state index contributed by atoms with van der Waals surface area (Å²) in [6.45, 7) is 0.929. The van der Waals surface area contributed by atoms with E-state index in [1.165, 1.54) is 4.57 Å². The number of benzene rings is 2. The van der Waals surface area contributed by atoms with E-state index in [-0.39, 0.29) is 24.8 Å². The van der Waals surface area contributed by atoms with Gasteiger partial charge in [-0.1, -0.05) is 18.2 Å². The molecule has 1 aromatic heterocycles. The van der Waals surface area contributed by atoms with Crippen LogP contribution in [0, 0.1) is 0 Å². The number of anilines is 2. The van der Waals surface area contributed by atoms with Crippen molar-refractivity contribution in [3.63, 3.8) is 0 Å². The first-order valence-corrected chi connectivity index (χ1v) is 8.90. The lowest BCUT2D eigenvalue weighted by molar-refractivity contribution is -0.117. The van der Waals surface area contributed by atoms with Gasteiger partial charge in [-0.25, -0.2) is 4.79 Å². The molecule has 1 saturated heterocycles. The number of fused-ring (bicyclic) bond motifs is 1. The third-order valence-corrected chi connectivity index (χ3v) is 4.65. The molecule has 0 radical (unpaired) electrons. The fourth-order valence-electron chi connectivity index (χ4n) is 3.34. The van der Waals surface area contributed by atoms with Gasteiger partial charge in [-0.2, -0.15) is 0 Å². The number of oxazole rings is 1. The van der Waals surface area contributed by atoms with E-state index in [4.69, 9.17) is 4.42 Å². The van der Waals surface area contributed by atoms with Crippen molar-refractivity contribution in [2.75, 3.05) is 16.8 Å². The van der Waals surface area contributed by atoms with Crippen molar-refractivity contribution in [1.29, 1.82) is 0 Å². The van der Waals surface area contributed by atoms with Crippen molar-refractivity contribution < 1.29 is 14.0 Å². The lowest BCUT2D eigenvalue weighted by Gasteiger charge is -2.16. The number of rotatable bonds is 5. The summed E-state index contributed by atoms with van der Waals surface area (Å²) in [7, 11) is 0. The molecular weight excluding hydrogens is 346 g/mol. The van der Waals surface area contributed by atoms with E-state index in [2.05, 4.69) is 5.32 Å². The molecule has 0 unspecified atom stereocenters. The molecule has 2 heterocycles. The fraction of sp³-hybridized carbons (Fsp3) is 0.250. The Labute approximate surface area is 155 Å². The number of hydrogen-bond acceptors (Lipinski definition) is 4. The van der Waals surface area contributed by atoms with Gasteiger partial charge >= 0.3 is 5.76 Å². The number of para-hydroxylation sites is 2. The van der Waals surface area contributed by atoms with E-state index < -0.39 is 5.76 Å². The van der Waals surface area contributed by atoms with E-state index in [1.807, 2.05) is 18.2 Å². The molecule has 0 spiro atoms. The standard InChI is InChI=1S/C20H19N3O4/c24-18(10-12-23-16-7-1-2-8-17(16)27-20(23)26)21-14-5-3-6-15(13-14)22-11-4-9-19(22)25/h1-3,5-8,13H,4,9-12H2,(H,21,24). The Morgan fingerprint density at radius 1 is 1.11 bits per heavy atom. The Bertz CT molecular complexity index is 1070. The van der Waals surface area contributed by atoms with Gasteiger partial charge in [0.05, 0.1) is 5.52 Å². The SMILES string of the molecule is O=C(CCn1c(=O)oc2ccccc21)Nc1cccc(N2CCCC2=O)c1. The van der Waals surface area contributed by atoms with Gasteiger partial charge in [-0.05, 0) is 36.8 Å². The molecule has 1 N–H and O–H groups in total. The largest absolute Gasteiger partial charge is 0.419 e. The van der Waals surface area contributed by atoms with E-state index in [0.717, 1.165) is 12.1 Å². The minimum absolute atomic E-state index is 0.102. The van der Waals surface area contributed by atoms with Gasteiger partial charge in [0.25, 0.3) is 0 Å². The predicted octanol–water partition coefficient (Wildman–Crippen LogP) is 2.75. The summed E-state index contributed by atoms with van der Waals surface area (Å²) >= 11 is 0. The average Bonchev–Trinajstić information content (AvgIpc) is 3.22. The third kappa shape index (κ3) is 3.48. The molecular formula is C20H19N3O4. The lowest BCUT2D eigenvalue weighted by atomic mass is 10.2. The molecule has 3 aromatic rings. The summed E-state index contributed by atoms with van der Waals surface area (Å²) < 4.78 is 6.62. The Morgan fingerprint density at radius 2 is 1.96 bits per heavy atom. The summed E-state index contributed by atoms with van der Waals surface area (Å²) in [5.41, 5.74) is 2.59. The normalized spacial score (nSPS) is 14.1. The lowest BCUT2D eigenvalue weighted by Crippen LogP contribution is -2.24. The van der Waals surface area contributed by atoms with E-state index in [9.17, 15) is 14.4 Å². The molecule has 4 rings (SSSR count). The maximum Gasteiger partial charge on any atom is 0.419 e. The molecule has 0 aliphatic carbocycles. The van der Waals surface area contributed by atoms with Gasteiger partial charge in [0.2, 0.25) is 11.8 Å². The Kier molecular flexibility index (Phi) is 4.50. The summed E-state index contributed by atoms with van der Waals surface area (Å²) in [6.07, 6.45) is 1.54. The molecule has 7 heteroatoms.